The van der Waals surface area contributed by atoms with E-state index in [0.29, 0.717) is 12.3 Å². The zero-order chi connectivity index (χ0) is 10.7. The normalized spacial score (nSPS) is 17.9. The highest BCUT2D eigenvalue weighted by atomic mass is 16.1. The Balaban J connectivity index is 1.94. The monoisotopic (exact) mass is 207 g/mol. The van der Waals surface area contributed by atoms with Crippen molar-refractivity contribution in [1.29, 1.82) is 0 Å². The highest BCUT2D eigenvalue weighted by molar-refractivity contribution is 5.94. The molecule has 1 saturated heterocycles. The van der Waals surface area contributed by atoms with Gasteiger partial charge < -0.3 is 5.32 Å². The number of hydrogen-bond donors (Lipinski definition) is 1. The summed E-state index contributed by atoms with van der Waals surface area (Å²) in [7, 11) is 1.82. The Labute approximate surface area is 89.7 Å². The molecule has 0 spiro atoms. The average Bonchev–Trinajstić information content (AvgIpc) is 2.66. The van der Waals surface area contributed by atoms with Gasteiger partial charge in [0.15, 0.2) is 5.78 Å². The molecule has 1 fully saturated rings. The molecule has 1 aliphatic heterocycles. The van der Waals surface area contributed by atoms with Gasteiger partial charge in [-0.1, -0.05) is 0 Å². The topological polar surface area (TPSA) is 46.9 Å². The number of rotatable bonds is 3. The van der Waals surface area contributed by atoms with Crippen molar-refractivity contribution in [2.75, 3.05) is 13.1 Å². The van der Waals surface area contributed by atoms with Gasteiger partial charge in [0.25, 0.3) is 0 Å². The van der Waals surface area contributed by atoms with E-state index in [-0.39, 0.29) is 5.78 Å². The lowest BCUT2D eigenvalue weighted by Crippen LogP contribution is -2.29. The van der Waals surface area contributed by atoms with Crippen LogP contribution >= 0.6 is 0 Å². The van der Waals surface area contributed by atoms with Crippen molar-refractivity contribution in [3.05, 3.63) is 18.0 Å². The first-order valence-electron chi connectivity index (χ1n) is 5.49. The van der Waals surface area contributed by atoms with Gasteiger partial charge in [0, 0.05) is 19.7 Å². The summed E-state index contributed by atoms with van der Waals surface area (Å²) in [6.45, 7) is 2.09. The molecule has 0 saturated carbocycles. The van der Waals surface area contributed by atoms with Crippen LogP contribution in [0.2, 0.25) is 0 Å². The van der Waals surface area contributed by atoms with Crippen LogP contribution in [0.15, 0.2) is 12.3 Å². The van der Waals surface area contributed by atoms with Gasteiger partial charge in [-0.05, 0) is 37.9 Å². The average molecular weight is 207 g/mol. The molecule has 0 radical (unpaired) electrons. The lowest BCUT2D eigenvalue weighted by atomic mass is 9.92. The minimum atomic E-state index is 0.224. The molecule has 2 heterocycles. The maximum absolute atomic E-state index is 11.9. The van der Waals surface area contributed by atoms with Gasteiger partial charge in [0.05, 0.1) is 0 Å². The Hall–Kier alpha value is -1.16. The number of nitrogens with zero attached hydrogens (tertiary/aromatic N) is 2. The molecule has 4 heteroatoms. The Morgan fingerprint density at radius 3 is 2.93 bits per heavy atom. The largest absolute Gasteiger partial charge is 0.317 e. The molecular formula is C11H17N3O. The van der Waals surface area contributed by atoms with Crippen molar-refractivity contribution in [3.8, 4) is 0 Å². The summed E-state index contributed by atoms with van der Waals surface area (Å²) < 4.78 is 1.66. The lowest BCUT2D eigenvalue weighted by Gasteiger charge is -2.21. The molecular weight excluding hydrogens is 190 g/mol. The Morgan fingerprint density at radius 2 is 2.33 bits per heavy atom. The van der Waals surface area contributed by atoms with Crippen LogP contribution in [-0.4, -0.2) is 28.7 Å². The number of carbonyl (C=O) groups excluding carboxylic acids is 1. The van der Waals surface area contributed by atoms with Crippen LogP contribution in [0.5, 0.6) is 0 Å². The highest BCUT2D eigenvalue weighted by Crippen LogP contribution is 2.18. The third-order valence-corrected chi connectivity index (χ3v) is 3.04. The quantitative estimate of drug-likeness (QED) is 0.752. The number of carbonyl (C=O) groups is 1. The van der Waals surface area contributed by atoms with Crippen molar-refractivity contribution < 1.29 is 4.79 Å². The summed E-state index contributed by atoms with van der Waals surface area (Å²) in [5, 5.41) is 7.32. The van der Waals surface area contributed by atoms with E-state index in [0.717, 1.165) is 31.6 Å². The molecule has 15 heavy (non-hydrogen) atoms. The maximum atomic E-state index is 11.9. The van der Waals surface area contributed by atoms with E-state index in [2.05, 4.69) is 10.4 Å². The first-order valence-corrected chi connectivity index (χ1v) is 5.49. The molecule has 82 valence electrons. The molecule has 1 aromatic rings. The second kappa shape index (κ2) is 4.57. The van der Waals surface area contributed by atoms with Crippen LogP contribution < -0.4 is 5.32 Å². The van der Waals surface area contributed by atoms with E-state index >= 15 is 0 Å². The first kappa shape index (κ1) is 10.4. The zero-order valence-corrected chi connectivity index (χ0v) is 9.07. The molecule has 0 amide bonds. The molecule has 1 aromatic heterocycles. The van der Waals surface area contributed by atoms with Crippen LogP contribution in [0.25, 0.3) is 0 Å². The Kier molecular flexibility index (Phi) is 3.16. The number of aryl methyl sites for hydroxylation is 1. The number of nitrogens with one attached hydrogen (secondary N) is 1. The Bertz CT molecular complexity index is 339. The van der Waals surface area contributed by atoms with Gasteiger partial charge >= 0.3 is 0 Å². The van der Waals surface area contributed by atoms with Gasteiger partial charge in [0.1, 0.15) is 5.69 Å². The van der Waals surface area contributed by atoms with E-state index in [9.17, 15) is 4.79 Å². The predicted octanol–water partition coefficient (Wildman–Crippen LogP) is 0.992. The molecule has 0 unspecified atom stereocenters. The fraction of sp³-hybridized carbons (Fsp3) is 0.636. The van der Waals surface area contributed by atoms with Crippen molar-refractivity contribution in [1.82, 2.24) is 15.1 Å². The van der Waals surface area contributed by atoms with E-state index in [1.807, 2.05) is 7.05 Å². The van der Waals surface area contributed by atoms with Crippen LogP contribution in [0, 0.1) is 5.92 Å². The van der Waals surface area contributed by atoms with Gasteiger partial charge in [-0.15, -0.1) is 0 Å². The molecule has 2 rings (SSSR count). The van der Waals surface area contributed by atoms with Crippen LogP contribution in [0.3, 0.4) is 0 Å². The third kappa shape index (κ3) is 2.45. The van der Waals surface area contributed by atoms with Crippen LogP contribution in [0.1, 0.15) is 29.8 Å². The fourth-order valence-corrected chi connectivity index (χ4v) is 2.10. The molecule has 0 aromatic carbocycles. The van der Waals surface area contributed by atoms with Crippen LogP contribution in [-0.2, 0) is 7.05 Å². The summed E-state index contributed by atoms with van der Waals surface area (Å²) in [5.74, 6) is 0.774. The summed E-state index contributed by atoms with van der Waals surface area (Å²) in [6.07, 6.45) is 4.57. The van der Waals surface area contributed by atoms with Gasteiger partial charge in [-0.2, -0.15) is 5.10 Å². The predicted molar refractivity (Wildman–Crippen MR) is 57.7 cm³/mol. The third-order valence-electron chi connectivity index (χ3n) is 3.04. The highest BCUT2D eigenvalue weighted by Gasteiger charge is 2.19. The van der Waals surface area contributed by atoms with Crippen molar-refractivity contribution >= 4 is 5.78 Å². The minimum Gasteiger partial charge on any atom is -0.317 e. The molecule has 0 bridgehead atoms. The molecule has 1 N–H and O–H groups in total. The van der Waals surface area contributed by atoms with E-state index in [1.165, 1.54) is 0 Å². The van der Waals surface area contributed by atoms with Gasteiger partial charge in [0.2, 0.25) is 0 Å². The number of Topliss-reactive ketones (excluding diaryl/α,β-unsaturated/α-hetero) is 1. The van der Waals surface area contributed by atoms with Crippen molar-refractivity contribution in [3.63, 3.8) is 0 Å². The SMILES string of the molecule is Cn1nccc1C(=O)CC1CCNCC1. The Morgan fingerprint density at radius 1 is 1.60 bits per heavy atom. The summed E-state index contributed by atoms with van der Waals surface area (Å²) in [4.78, 5) is 11.9. The van der Waals surface area contributed by atoms with E-state index in [1.54, 1.807) is 16.9 Å². The molecule has 1 aliphatic rings. The van der Waals surface area contributed by atoms with Crippen molar-refractivity contribution in [2.45, 2.75) is 19.3 Å². The smallest absolute Gasteiger partial charge is 0.181 e. The number of aromatic nitrogens is 2. The van der Waals surface area contributed by atoms with E-state index in [4.69, 9.17) is 0 Å². The van der Waals surface area contributed by atoms with Crippen LogP contribution in [0.4, 0.5) is 0 Å². The van der Waals surface area contributed by atoms with E-state index < -0.39 is 0 Å². The van der Waals surface area contributed by atoms with Gasteiger partial charge in [-0.3, -0.25) is 9.48 Å². The standard InChI is InChI=1S/C11H17N3O/c1-14-10(4-7-13-14)11(15)8-9-2-5-12-6-3-9/h4,7,9,12H,2-3,5-6,8H2,1H3. The molecule has 0 atom stereocenters. The van der Waals surface area contributed by atoms with Crippen molar-refractivity contribution in [2.24, 2.45) is 13.0 Å². The fourth-order valence-electron chi connectivity index (χ4n) is 2.10. The second-order valence-corrected chi connectivity index (χ2v) is 4.16. The summed E-state index contributed by atoms with van der Waals surface area (Å²) in [5.41, 5.74) is 0.730. The molecule has 0 aliphatic carbocycles. The zero-order valence-electron chi connectivity index (χ0n) is 9.07. The summed E-state index contributed by atoms with van der Waals surface area (Å²) >= 11 is 0. The lowest BCUT2D eigenvalue weighted by molar-refractivity contribution is 0.0943. The number of hydrogen-bond acceptors (Lipinski definition) is 3. The first-order chi connectivity index (χ1) is 7.27. The number of ketones is 1. The van der Waals surface area contributed by atoms with Gasteiger partial charge in [-0.25, -0.2) is 0 Å². The number of piperidine rings is 1. The second-order valence-electron chi connectivity index (χ2n) is 4.16. The molecule has 4 nitrogen and oxygen atoms in total. The maximum Gasteiger partial charge on any atom is 0.181 e. The summed E-state index contributed by atoms with van der Waals surface area (Å²) in [6, 6.07) is 1.80. The minimum absolute atomic E-state index is 0.224.